The molecule has 0 unspecified atom stereocenters. The molecule has 0 bridgehead atoms. The standard InChI is InChI=1S/C9H12N2O4S/c1-6-11-7(5-16-6)2-10-8(12)3-15-4-9(13)14/h5H,2-4H2,1H3,(H,10,12)(H,13,14). The highest BCUT2D eigenvalue weighted by molar-refractivity contribution is 7.09. The Bertz CT molecular complexity index is 377. The maximum Gasteiger partial charge on any atom is 0.329 e. The number of aromatic nitrogens is 1. The highest BCUT2D eigenvalue weighted by Gasteiger charge is 2.04. The summed E-state index contributed by atoms with van der Waals surface area (Å²) in [5, 5.41) is 13.6. The molecule has 0 aliphatic carbocycles. The predicted octanol–water partition coefficient (Wildman–Crippen LogP) is 0.169. The molecule has 0 aliphatic rings. The van der Waals surface area contributed by atoms with Crippen molar-refractivity contribution < 1.29 is 19.4 Å². The summed E-state index contributed by atoms with van der Waals surface area (Å²) in [4.78, 5) is 25.4. The van der Waals surface area contributed by atoms with Crippen LogP contribution >= 0.6 is 11.3 Å². The summed E-state index contributed by atoms with van der Waals surface area (Å²) < 4.78 is 4.62. The fourth-order valence-electron chi connectivity index (χ4n) is 0.961. The lowest BCUT2D eigenvalue weighted by Gasteiger charge is -2.02. The minimum absolute atomic E-state index is 0.255. The minimum atomic E-state index is -1.09. The van der Waals surface area contributed by atoms with E-state index in [0.717, 1.165) is 10.7 Å². The van der Waals surface area contributed by atoms with Gasteiger partial charge in [0.25, 0.3) is 0 Å². The topological polar surface area (TPSA) is 88.5 Å². The van der Waals surface area contributed by atoms with Crippen LogP contribution < -0.4 is 5.32 Å². The van der Waals surface area contributed by atoms with Crippen molar-refractivity contribution >= 4 is 23.2 Å². The van der Waals surface area contributed by atoms with Crippen LogP contribution in [0.1, 0.15) is 10.7 Å². The Hall–Kier alpha value is -1.47. The number of thiazole rings is 1. The van der Waals surface area contributed by atoms with E-state index in [4.69, 9.17) is 5.11 Å². The Labute approximate surface area is 96.3 Å². The number of amides is 1. The maximum atomic E-state index is 11.2. The van der Waals surface area contributed by atoms with Crippen molar-refractivity contribution in [2.75, 3.05) is 13.2 Å². The van der Waals surface area contributed by atoms with E-state index < -0.39 is 12.6 Å². The van der Waals surface area contributed by atoms with Crippen LogP contribution in [-0.4, -0.2) is 35.2 Å². The van der Waals surface area contributed by atoms with Crippen molar-refractivity contribution in [3.05, 3.63) is 16.1 Å². The van der Waals surface area contributed by atoms with Crippen molar-refractivity contribution in [3.8, 4) is 0 Å². The van der Waals surface area contributed by atoms with Gasteiger partial charge in [0.05, 0.1) is 17.2 Å². The first kappa shape index (κ1) is 12.6. The highest BCUT2D eigenvalue weighted by Crippen LogP contribution is 2.06. The molecule has 0 spiro atoms. The molecule has 2 N–H and O–H groups in total. The van der Waals surface area contributed by atoms with Crippen LogP contribution in [0.25, 0.3) is 0 Å². The van der Waals surface area contributed by atoms with Gasteiger partial charge in [-0.1, -0.05) is 0 Å². The lowest BCUT2D eigenvalue weighted by molar-refractivity contribution is -0.143. The summed E-state index contributed by atoms with van der Waals surface area (Å²) in [6.45, 7) is 1.49. The van der Waals surface area contributed by atoms with Gasteiger partial charge in [0, 0.05) is 5.38 Å². The van der Waals surface area contributed by atoms with Crippen LogP contribution in [-0.2, 0) is 20.9 Å². The number of nitrogens with one attached hydrogen (secondary N) is 1. The van der Waals surface area contributed by atoms with Crippen LogP contribution in [0.5, 0.6) is 0 Å². The molecule has 7 heteroatoms. The second-order valence-electron chi connectivity index (χ2n) is 3.02. The third-order valence-electron chi connectivity index (χ3n) is 1.59. The Morgan fingerprint density at radius 3 is 2.88 bits per heavy atom. The Balaban J connectivity index is 2.17. The van der Waals surface area contributed by atoms with Crippen LogP contribution in [0.3, 0.4) is 0 Å². The largest absolute Gasteiger partial charge is 0.480 e. The molecule has 0 radical (unpaired) electrons. The molecule has 1 aromatic heterocycles. The second-order valence-corrected chi connectivity index (χ2v) is 4.08. The second kappa shape index (κ2) is 6.19. The smallest absolute Gasteiger partial charge is 0.329 e. The molecule has 16 heavy (non-hydrogen) atoms. The number of rotatable bonds is 6. The van der Waals surface area contributed by atoms with Gasteiger partial charge < -0.3 is 15.2 Å². The van der Waals surface area contributed by atoms with Gasteiger partial charge >= 0.3 is 5.97 Å². The minimum Gasteiger partial charge on any atom is -0.480 e. The van der Waals surface area contributed by atoms with E-state index in [1.165, 1.54) is 11.3 Å². The molecule has 1 amide bonds. The molecule has 1 aromatic rings. The van der Waals surface area contributed by atoms with Gasteiger partial charge in [0.1, 0.15) is 13.2 Å². The van der Waals surface area contributed by atoms with E-state index in [1.807, 2.05) is 12.3 Å². The molecule has 1 rings (SSSR count). The zero-order valence-electron chi connectivity index (χ0n) is 8.73. The Morgan fingerprint density at radius 2 is 2.31 bits per heavy atom. The van der Waals surface area contributed by atoms with Gasteiger partial charge in [0.2, 0.25) is 5.91 Å². The number of nitrogens with zero attached hydrogens (tertiary/aromatic N) is 1. The number of carbonyl (C=O) groups is 2. The fourth-order valence-corrected chi connectivity index (χ4v) is 1.57. The van der Waals surface area contributed by atoms with Crippen molar-refractivity contribution in [1.29, 1.82) is 0 Å². The van der Waals surface area contributed by atoms with Gasteiger partial charge in [-0.3, -0.25) is 4.79 Å². The summed E-state index contributed by atoms with van der Waals surface area (Å²) in [6, 6.07) is 0. The van der Waals surface area contributed by atoms with Crippen molar-refractivity contribution in [2.24, 2.45) is 0 Å². The normalized spacial score (nSPS) is 10.1. The Kier molecular flexibility index (Phi) is 4.87. The SMILES string of the molecule is Cc1nc(CNC(=O)COCC(=O)O)cs1. The van der Waals surface area contributed by atoms with Crippen LogP contribution in [0.4, 0.5) is 0 Å². The highest BCUT2D eigenvalue weighted by atomic mass is 32.1. The predicted molar refractivity (Wildman–Crippen MR) is 57.2 cm³/mol. The summed E-state index contributed by atoms with van der Waals surface area (Å²) >= 11 is 1.51. The van der Waals surface area contributed by atoms with Gasteiger partial charge in [-0.25, -0.2) is 9.78 Å². The molecule has 88 valence electrons. The zero-order chi connectivity index (χ0) is 12.0. The van der Waals surface area contributed by atoms with E-state index in [-0.39, 0.29) is 12.5 Å². The van der Waals surface area contributed by atoms with Gasteiger partial charge in [-0.15, -0.1) is 11.3 Å². The molecule has 0 aliphatic heterocycles. The molecule has 1 heterocycles. The first-order chi connectivity index (χ1) is 7.58. The monoisotopic (exact) mass is 244 g/mol. The lowest BCUT2D eigenvalue weighted by atomic mass is 10.4. The average Bonchev–Trinajstić information content (AvgIpc) is 2.61. The van der Waals surface area contributed by atoms with Crippen LogP contribution in [0.15, 0.2) is 5.38 Å². The molecule has 6 nitrogen and oxygen atoms in total. The number of hydrogen-bond donors (Lipinski definition) is 2. The first-order valence-corrected chi connectivity index (χ1v) is 5.43. The van der Waals surface area contributed by atoms with E-state index in [0.29, 0.717) is 6.54 Å². The average molecular weight is 244 g/mol. The summed E-state index contributed by atoms with van der Waals surface area (Å²) in [7, 11) is 0. The van der Waals surface area contributed by atoms with Crippen molar-refractivity contribution in [1.82, 2.24) is 10.3 Å². The fraction of sp³-hybridized carbons (Fsp3) is 0.444. The molecule has 0 atom stereocenters. The van der Waals surface area contributed by atoms with E-state index >= 15 is 0 Å². The quantitative estimate of drug-likeness (QED) is 0.744. The number of carboxylic acid groups (broad SMARTS) is 1. The summed E-state index contributed by atoms with van der Waals surface area (Å²) in [5.74, 6) is -1.45. The molecular weight excluding hydrogens is 232 g/mol. The molecule has 0 fully saturated rings. The molecular formula is C9H12N2O4S. The lowest BCUT2D eigenvalue weighted by Crippen LogP contribution is -2.28. The number of aryl methyl sites for hydroxylation is 1. The summed E-state index contributed by atoms with van der Waals surface area (Å²) in [5.41, 5.74) is 0.786. The van der Waals surface area contributed by atoms with E-state index in [1.54, 1.807) is 0 Å². The summed E-state index contributed by atoms with van der Waals surface area (Å²) in [6.07, 6.45) is 0. The number of ether oxygens (including phenoxy) is 1. The third kappa shape index (κ3) is 4.85. The van der Waals surface area contributed by atoms with Crippen molar-refractivity contribution in [3.63, 3.8) is 0 Å². The molecule has 0 aromatic carbocycles. The third-order valence-corrected chi connectivity index (χ3v) is 2.41. The van der Waals surface area contributed by atoms with Crippen LogP contribution in [0.2, 0.25) is 0 Å². The molecule has 0 saturated heterocycles. The Morgan fingerprint density at radius 1 is 1.56 bits per heavy atom. The molecule has 0 saturated carbocycles. The van der Waals surface area contributed by atoms with Gasteiger partial charge in [0.15, 0.2) is 0 Å². The van der Waals surface area contributed by atoms with E-state index in [9.17, 15) is 9.59 Å². The first-order valence-electron chi connectivity index (χ1n) is 4.55. The van der Waals surface area contributed by atoms with Crippen LogP contribution in [0, 0.1) is 6.92 Å². The van der Waals surface area contributed by atoms with Gasteiger partial charge in [-0.2, -0.15) is 0 Å². The maximum absolute atomic E-state index is 11.2. The van der Waals surface area contributed by atoms with E-state index in [2.05, 4.69) is 15.0 Å². The number of carbonyl (C=O) groups excluding carboxylic acids is 1. The number of hydrogen-bond acceptors (Lipinski definition) is 5. The zero-order valence-corrected chi connectivity index (χ0v) is 9.54. The van der Waals surface area contributed by atoms with Crippen molar-refractivity contribution in [2.45, 2.75) is 13.5 Å². The number of carboxylic acids is 1. The number of aliphatic carboxylic acids is 1. The van der Waals surface area contributed by atoms with Gasteiger partial charge in [-0.05, 0) is 6.92 Å².